The molecule has 0 aliphatic heterocycles. The summed E-state index contributed by atoms with van der Waals surface area (Å²) in [5.74, 6) is 0.385. The van der Waals surface area contributed by atoms with Crippen LogP contribution in [-0.2, 0) is 5.41 Å². The highest BCUT2D eigenvalue weighted by Crippen LogP contribution is 2.29. The number of nitriles is 1. The van der Waals surface area contributed by atoms with Crippen molar-refractivity contribution in [1.82, 2.24) is 14.6 Å². The number of aryl methyl sites for hydroxylation is 1. The summed E-state index contributed by atoms with van der Waals surface area (Å²) in [6.45, 7) is 8.01. The largest absolute Gasteiger partial charge is 0.217 e. The molecule has 0 fully saturated rings. The molecule has 0 aliphatic rings. The molecule has 0 atom stereocenters. The van der Waals surface area contributed by atoms with Crippen LogP contribution in [0.4, 0.5) is 4.39 Å². The summed E-state index contributed by atoms with van der Waals surface area (Å²) in [5, 5.41) is 14.2. The van der Waals surface area contributed by atoms with Gasteiger partial charge in [-0.25, -0.2) is 13.9 Å². The molecule has 0 saturated heterocycles. The van der Waals surface area contributed by atoms with E-state index in [1.54, 1.807) is 16.6 Å². The molecule has 1 aromatic carbocycles. The van der Waals surface area contributed by atoms with Gasteiger partial charge in [-0.15, -0.1) is 0 Å². The maximum atomic E-state index is 13.2. The lowest BCUT2D eigenvalue weighted by Crippen LogP contribution is -2.13. The van der Waals surface area contributed by atoms with Crippen LogP contribution in [0.25, 0.3) is 16.8 Å². The minimum Gasteiger partial charge on any atom is -0.217 e. The molecular formula is C18H17FN4. The number of aromatic nitrogens is 3. The molecule has 0 bridgehead atoms. The van der Waals surface area contributed by atoms with Crippen molar-refractivity contribution in [3.8, 4) is 17.2 Å². The Balaban J connectivity index is 2.32. The second-order valence-electron chi connectivity index (χ2n) is 6.61. The van der Waals surface area contributed by atoms with Gasteiger partial charge in [-0.3, -0.25) is 0 Å². The van der Waals surface area contributed by atoms with Crippen molar-refractivity contribution in [2.45, 2.75) is 33.1 Å². The zero-order chi connectivity index (χ0) is 16.8. The highest BCUT2D eigenvalue weighted by atomic mass is 19.1. The molecule has 0 N–H and O–H groups in total. The van der Waals surface area contributed by atoms with E-state index in [1.807, 2.05) is 33.8 Å². The Morgan fingerprint density at radius 3 is 2.39 bits per heavy atom. The fourth-order valence-electron chi connectivity index (χ4n) is 2.47. The third kappa shape index (κ3) is 2.57. The SMILES string of the molecule is Cc1cc(-c2ccc(F)cc2)c(C#N)c2nc(C(C)(C)C)nn12. The van der Waals surface area contributed by atoms with Crippen LogP contribution in [0.2, 0.25) is 0 Å². The van der Waals surface area contributed by atoms with Crippen molar-refractivity contribution in [1.29, 1.82) is 5.26 Å². The Hall–Kier alpha value is -2.74. The Labute approximate surface area is 134 Å². The summed E-state index contributed by atoms with van der Waals surface area (Å²) < 4.78 is 14.9. The van der Waals surface area contributed by atoms with E-state index in [-0.39, 0.29) is 11.2 Å². The van der Waals surface area contributed by atoms with E-state index in [1.165, 1.54) is 12.1 Å². The normalized spacial score (nSPS) is 11.7. The predicted octanol–water partition coefficient (Wildman–Crippen LogP) is 4.01. The first kappa shape index (κ1) is 15.2. The minimum atomic E-state index is -0.303. The molecule has 0 aliphatic carbocycles. The van der Waals surface area contributed by atoms with Crippen molar-refractivity contribution < 1.29 is 4.39 Å². The maximum absolute atomic E-state index is 13.2. The topological polar surface area (TPSA) is 54.0 Å². The van der Waals surface area contributed by atoms with E-state index >= 15 is 0 Å². The number of halogens is 1. The second kappa shape index (κ2) is 5.17. The lowest BCUT2D eigenvalue weighted by atomic mass is 9.96. The molecule has 23 heavy (non-hydrogen) atoms. The van der Waals surface area contributed by atoms with Crippen molar-refractivity contribution >= 4 is 5.65 Å². The average Bonchev–Trinajstić information content (AvgIpc) is 2.94. The number of rotatable bonds is 1. The molecule has 0 unspecified atom stereocenters. The minimum absolute atomic E-state index is 0.207. The van der Waals surface area contributed by atoms with Crippen molar-refractivity contribution in [3.05, 3.63) is 53.2 Å². The molecule has 0 spiro atoms. The molecule has 2 aromatic heterocycles. The molecule has 0 radical (unpaired) electrons. The van der Waals surface area contributed by atoms with Gasteiger partial charge in [0.05, 0.1) is 0 Å². The predicted molar refractivity (Wildman–Crippen MR) is 86.5 cm³/mol. The quantitative estimate of drug-likeness (QED) is 0.682. The van der Waals surface area contributed by atoms with Crippen LogP contribution in [0, 0.1) is 24.1 Å². The van der Waals surface area contributed by atoms with Crippen molar-refractivity contribution in [2.75, 3.05) is 0 Å². The molecular weight excluding hydrogens is 291 g/mol. The lowest BCUT2D eigenvalue weighted by molar-refractivity contribution is 0.544. The highest BCUT2D eigenvalue weighted by molar-refractivity contribution is 5.77. The average molecular weight is 308 g/mol. The molecule has 0 amide bonds. The third-order valence-corrected chi connectivity index (χ3v) is 3.73. The van der Waals surface area contributed by atoms with Crippen LogP contribution in [-0.4, -0.2) is 14.6 Å². The summed E-state index contributed by atoms with van der Waals surface area (Å²) >= 11 is 0. The van der Waals surface area contributed by atoms with Crippen molar-refractivity contribution in [3.63, 3.8) is 0 Å². The molecule has 116 valence electrons. The van der Waals surface area contributed by atoms with E-state index in [9.17, 15) is 9.65 Å². The summed E-state index contributed by atoms with van der Waals surface area (Å²) in [6, 6.07) is 10.2. The number of benzene rings is 1. The van der Waals surface area contributed by atoms with E-state index in [0.717, 1.165) is 16.8 Å². The first-order valence-corrected chi connectivity index (χ1v) is 7.38. The molecule has 3 rings (SSSR count). The molecule has 0 saturated carbocycles. The summed E-state index contributed by atoms with van der Waals surface area (Å²) in [4.78, 5) is 4.57. The Kier molecular flexibility index (Phi) is 3.41. The molecule has 4 nitrogen and oxygen atoms in total. The maximum Gasteiger partial charge on any atom is 0.174 e. The van der Waals surface area contributed by atoms with Crippen LogP contribution in [0.15, 0.2) is 30.3 Å². The van der Waals surface area contributed by atoms with Gasteiger partial charge < -0.3 is 0 Å². The van der Waals surface area contributed by atoms with Gasteiger partial charge >= 0.3 is 0 Å². The van der Waals surface area contributed by atoms with Gasteiger partial charge in [0.15, 0.2) is 11.5 Å². The van der Waals surface area contributed by atoms with Gasteiger partial charge in [-0.1, -0.05) is 32.9 Å². The molecule has 5 heteroatoms. The third-order valence-electron chi connectivity index (χ3n) is 3.73. The first-order chi connectivity index (χ1) is 10.8. The number of hydrogen-bond donors (Lipinski definition) is 0. The van der Waals surface area contributed by atoms with Crippen LogP contribution in [0.1, 0.15) is 37.9 Å². The number of nitrogens with zero attached hydrogens (tertiary/aromatic N) is 4. The fraction of sp³-hybridized carbons (Fsp3) is 0.278. The second-order valence-corrected chi connectivity index (χ2v) is 6.61. The highest BCUT2D eigenvalue weighted by Gasteiger charge is 2.23. The number of pyridine rings is 1. The summed E-state index contributed by atoms with van der Waals surface area (Å²) in [5.41, 5.74) is 3.18. The monoisotopic (exact) mass is 308 g/mol. The van der Waals surface area contributed by atoms with Crippen LogP contribution >= 0.6 is 0 Å². The van der Waals surface area contributed by atoms with E-state index in [2.05, 4.69) is 16.2 Å². The first-order valence-electron chi connectivity index (χ1n) is 7.38. The standard InChI is InChI=1S/C18H17FN4/c1-11-9-14(12-5-7-13(19)8-6-12)15(10-20)16-21-17(18(2,3)4)22-23(11)16/h5-9H,1-4H3. The zero-order valence-electron chi connectivity index (χ0n) is 13.6. The zero-order valence-corrected chi connectivity index (χ0v) is 13.6. The van der Waals surface area contributed by atoms with Crippen LogP contribution < -0.4 is 0 Å². The van der Waals surface area contributed by atoms with Gasteiger partial charge in [-0.05, 0) is 30.7 Å². The summed E-state index contributed by atoms with van der Waals surface area (Å²) in [7, 11) is 0. The van der Waals surface area contributed by atoms with Crippen LogP contribution in [0.3, 0.4) is 0 Å². The summed E-state index contributed by atoms with van der Waals surface area (Å²) in [6.07, 6.45) is 0. The van der Waals surface area contributed by atoms with Gasteiger partial charge in [0.1, 0.15) is 17.4 Å². The smallest absolute Gasteiger partial charge is 0.174 e. The number of hydrogen-bond acceptors (Lipinski definition) is 3. The van der Waals surface area contributed by atoms with E-state index in [4.69, 9.17) is 0 Å². The molecule has 2 heterocycles. The lowest BCUT2D eigenvalue weighted by Gasteiger charge is -2.11. The van der Waals surface area contributed by atoms with Gasteiger partial charge in [-0.2, -0.15) is 10.4 Å². The van der Waals surface area contributed by atoms with Gasteiger partial charge in [0.25, 0.3) is 0 Å². The molecule has 3 aromatic rings. The Bertz CT molecular complexity index is 925. The van der Waals surface area contributed by atoms with Gasteiger partial charge in [0.2, 0.25) is 0 Å². The van der Waals surface area contributed by atoms with Gasteiger partial charge in [0, 0.05) is 16.7 Å². The van der Waals surface area contributed by atoms with Crippen LogP contribution in [0.5, 0.6) is 0 Å². The Morgan fingerprint density at radius 1 is 1.17 bits per heavy atom. The van der Waals surface area contributed by atoms with E-state index < -0.39 is 0 Å². The number of fused-ring (bicyclic) bond motifs is 1. The Morgan fingerprint density at radius 2 is 1.83 bits per heavy atom. The van der Waals surface area contributed by atoms with Crippen molar-refractivity contribution in [2.24, 2.45) is 0 Å². The van der Waals surface area contributed by atoms with E-state index in [0.29, 0.717) is 17.0 Å². The fourth-order valence-corrected chi connectivity index (χ4v) is 2.47.